The van der Waals surface area contributed by atoms with Crippen LogP contribution in [0.3, 0.4) is 0 Å². The molecule has 0 aliphatic carbocycles. The van der Waals surface area contributed by atoms with Gasteiger partial charge in [-0.1, -0.05) is 11.6 Å². The number of benzene rings is 2. The van der Waals surface area contributed by atoms with Crippen molar-refractivity contribution in [3.05, 3.63) is 59.1 Å². The highest BCUT2D eigenvalue weighted by Crippen LogP contribution is 2.23. The first kappa shape index (κ1) is 19.2. The van der Waals surface area contributed by atoms with Crippen molar-refractivity contribution in [2.24, 2.45) is 0 Å². The van der Waals surface area contributed by atoms with Gasteiger partial charge in [0.05, 0.1) is 17.2 Å². The van der Waals surface area contributed by atoms with Crippen molar-refractivity contribution in [1.82, 2.24) is 5.32 Å². The van der Waals surface area contributed by atoms with Crippen molar-refractivity contribution in [3.63, 3.8) is 0 Å². The summed E-state index contributed by atoms with van der Waals surface area (Å²) in [6.07, 6.45) is 0. The van der Waals surface area contributed by atoms with E-state index in [4.69, 9.17) is 16.3 Å². The zero-order valence-electron chi connectivity index (χ0n) is 13.9. The van der Waals surface area contributed by atoms with Crippen LogP contribution in [-0.2, 0) is 14.8 Å². The molecular formula is C17H19ClN2O4S. The monoisotopic (exact) mass is 382 g/mol. The molecule has 1 N–H and O–H groups in total. The van der Waals surface area contributed by atoms with E-state index in [2.05, 4.69) is 5.32 Å². The van der Waals surface area contributed by atoms with Crippen molar-refractivity contribution in [2.75, 3.05) is 31.6 Å². The average Bonchev–Trinajstić information content (AvgIpc) is 2.61. The van der Waals surface area contributed by atoms with Gasteiger partial charge in [-0.3, -0.25) is 9.10 Å². The Bertz CT molecular complexity index is 821. The fourth-order valence-electron chi connectivity index (χ4n) is 2.09. The number of halogens is 1. The summed E-state index contributed by atoms with van der Waals surface area (Å²) in [5, 5.41) is 3.17. The van der Waals surface area contributed by atoms with E-state index in [-0.39, 0.29) is 10.8 Å². The number of hydrogen-bond acceptors (Lipinski definition) is 4. The molecule has 0 saturated heterocycles. The summed E-state index contributed by atoms with van der Waals surface area (Å²) < 4.78 is 31.3. The quantitative estimate of drug-likeness (QED) is 0.746. The minimum atomic E-state index is -3.70. The van der Waals surface area contributed by atoms with Crippen molar-refractivity contribution in [2.45, 2.75) is 4.90 Å². The van der Waals surface area contributed by atoms with Gasteiger partial charge < -0.3 is 10.1 Å². The normalized spacial score (nSPS) is 11.2. The number of nitrogens with zero attached hydrogens (tertiary/aromatic N) is 1. The summed E-state index contributed by atoms with van der Waals surface area (Å²) in [7, 11) is -0.692. The highest BCUT2D eigenvalue weighted by atomic mass is 35.5. The minimum Gasteiger partial charge on any atom is -0.383 e. The van der Waals surface area contributed by atoms with Crippen molar-refractivity contribution >= 4 is 33.2 Å². The number of carbonyl (C=O) groups excluding carboxylic acids is 1. The maximum atomic E-state index is 12.6. The van der Waals surface area contributed by atoms with Crippen LogP contribution in [0.2, 0.25) is 5.02 Å². The van der Waals surface area contributed by atoms with Crippen LogP contribution >= 0.6 is 11.6 Å². The van der Waals surface area contributed by atoms with Crippen LogP contribution in [0, 0.1) is 0 Å². The molecule has 2 aromatic rings. The molecule has 0 aromatic heterocycles. The fraction of sp³-hybridized carbons (Fsp3) is 0.235. The highest BCUT2D eigenvalue weighted by Gasteiger charge is 2.21. The summed E-state index contributed by atoms with van der Waals surface area (Å²) in [5.74, 6) is -0.244. The molecular weight excluding hydrogens is 364 g/mol. The van der Waals surface area contributed by atoms with Gasteiger partial charge in [-0.25, -0.2) is 8.42 Å². The van der Waals surface area contributed by atoms with Gasteiger partial charge in [0.15, 0.2) is 0 Å². The smallest absolute Gasteiger partial charge is 0.264 e. The van der Waals surface area contributed by atoms with Crippen LogP contribution in [-0.4, -0.2) is 41.6 Å². The largest absolute Gasteiger partial charge is 0.383 e. The second kappa shape index (κ2) is 8.33. The molecule has 25 heavy (non-hydrogen) atoms. The molecule has 134 valence electrons. The molecule has 0 radical (unpaired) electrons. The van der Waals surface area contributed by atoms with E-state index in [0.717, 1.165) is 4.31 Å². The lowest BCUT2D eigenvalue weighted by Crippen LogP contribution is -2.28. The third-order valence-electron chi connectivity index (χ3n) is 3.56. The average molecular weight is 383 g/mol. The summed E-state index contributed by atoms with van der Waals surface area (Å²) >= 11 is 5.80. The topological polar surface area (TPSA) is 75.7 Å². The Morgan fingerprint density at radius 1 is 1.12 bits per heavy atom. The van der Waals surface area contributed by atoms with Gasteiger partial charge in [0.1, 0.15) is 0 Å². The molecule has 6 nitrogen and oxygen atoms in total. The fourth-order valence-corrected chi connectivity index (χ4v) is 3.42. The molecule has 0 atom stereocenters. The maximum absolute atomic E-state index is 12.6. The SMILES string of the molecule is COCCNC(=O)c1ccc(N(C)S(=O)(=O)c2ccc(Cl)cc2)cc1. The zero-order valence-corrected chi connectivity index (χ0v) is 15.5. The Kier molecular flexibility index (Phi) is 6.41. The predicted molar refractivity (Wildman–Crippen MR) is 97.7 cm³/mol. The van der Waals surface area contributed by atoms with Gasteiger partial charge in [0.25, 0.3) is 15.9 Å². The van der Waals surface area contributed by atoms with E-state index in [0.29, 0.717) is 29.4 Å². The van der Waals surface area contributed by atoms with Crippen LogP contribution in [0.4, 0.5) is 5.69 Å². The zero-order chi connectivity index (χ0) is 18.4. The molecule has 2 rings (SSSR count). The van der Waals surface area contributed by atoms with Gasteiger partial charge in [-0.2, -0.15) is 0 Å². The minimum absolute atomic E-state index is 0.140. The van der Waals surface area contributed by atoms with E-state index in [9.17, 15) is 13.2 Å². The number of ether oxygens (including phenoxy) is 1. The summed E-state index contributed by atoms with van der Waals surface area (Å²) in [6.45, 7) is 0.827. The van der Waals surface area contributed by atoms with E-state index < -0.39 is 10.0 Å². The van der Waals surface area contributed by atoms with Gasteiger partial charge in [0, 0.05) is 31.3 Å². The summed E-state index contributed by atoms with van der Waals surface area (Å²) in [6, 6.07) is 12.3. The van der Waals surface area contributed by atoms with E-state index in [1.807, 2.05) is 0 Å². The Hall–Kier alpha value is -2.09. The van der Waals surface area contributed by atoms with Crippen LogP contribution in [0.15, 0.2) is 53.4 Å². The molecule has 1 amide bonds. The molecule has 0 fully saturated rings. The Morgan fingerprint density at radius 2 is 1.72 bits per heavy atom. The van der Waals surface area contributed by atoms with E-state index in [1.54, 1.807) is 31.4 Å². The lowest BCUT2D eigenvalue weighted by Gasteiger charge is -2.19. The standard InChI is InChI=1S/C17H19ClN2O4S/c1-20(25(22,23)16-9-5-14(18)6-10-16)15-7-3-13(4-8-15)17(21)19-11-12-24-2/h3-10H,11-12H2,1-2H3,(H,19,21). The summed E-state index contributed by atoms with van der Waals surface area (Å²) in [4.78, 5) is 12.1. The van der Waals surface area contributed by atoms with Crippen molar-refractivity contribution in [3.8, 4) is 0 Å². The number of carbonyl (C=O) groups is 1. The molecule has 0 saturated carbocycles. The molecule has 0 bridgehead atoms. The number of hydrogen-bond donors (Lipinski definition) is 1. The van der Waals surface area contributed by atoms with Gasteiger partial charge >= 0.3 is 0 Å². The van der Waals surface area contributed by atoms with E-state index >= 15 is 0 Å². The van der Waals surface area contributed by atoms with Gasteiger partial charge in [0.2, 0.25) is 0 Å². The third-order valence-corrected chi connectivity index (χ3v) is 5.61. The first-order valence-corrected chi connectivity index (χ1v) is 9.30. The number of rotatable bonds is 7. The number of nitrogens with one attached hydrogen (secondary N) is 1. The molecule has 2 aromatic carbocycles. The number of sulfonamides is 1. The number of methoxy groups -OCH3 is 1. The molecule has 0 spiro atoms. The van der Waals surface area contributed by atoms with Crippen LogP contribution < -0.4 is 9.62 Å². The third kappa shape index (κ3) is 4.72. The van der Waals surface area contributed by atoms with Gasteiger partial charge in [-0.05, 0) is 48.5 Å². The van der Waals surface area contributed by atoms with Crippen LogP contribution in [0.5, 0.6) is 0 Å². The van der Waals surface area contributed by atoms with Crippen molar-refractivity contribution in [1.29, 1.82) is 0 Å². The molecule has 0 heterocycles. The lowest BCUT2D eigenvalue weighted by molar-refractivity contribution is 0.0937. The second-order valence-electron chi connectivity index (χ2n) is 5.22. The first-order valence-electron chi connectivity index (χ1n) is 7.48. The van der Waals surface area contributed by atoms with Crippen LogP contribution in [0.25, 0.3) is 0 Å². The molecule has 0 aliphatic rings. The number of amides is 1. The lowest BCUT2D eigenvalue weighted by atomic mass is 10.2. The van der Waals surface area contributed by atoms with Gasteiger partial charge in [-0.15, -0.1) is 0 Å². The summed E-state index contributed by atoms with van der Waals surface area (Å²) in [5.41, 5.74) is 0.889. The Balaban J connectivity index is 2.15. The first-order chi connectivity index (χ1) is 11.9. The molecule has 0 unspecified atom stereocenters. The Morgan fingerprint density at radius 3 is 2.28 bits per heavy atom. The maximum Gasteiger partial charge on any atom is 0.264 e. The predicted octanol–water partition coefficient (Wildman–Crippen LogP) is 2.54. The van der Waals surface area contributed by atoms with E-state index in [1.165, 1.54) is 31.3 Å². The molecule has 0 aliphatic heterocycles. The Labute approximate surface area is 152 Å². The molecule has 8 heteroatoms. The number of anilines is 1. The second-order valence-corrected chi connectivity index (χ2v) is 7.63. The van der Waals surface area contributed by atoms with Crippen LogP contribution in [0.1, 0.15) is 10.4 Å². The highest BCUT2D eigenvalue weighted by molar-refractivity contribution is 7.92. The van der Waals surface area contributed by atoms with Crippen molar-refractivity contribution < 1.29 is 17.9 Å².